The van der Waals surface area contributed by atoms with E-state index >= 15 is 0 Å². The van der Waals surface area contributed by atoms with Crippen LogP contribution in [-0.4, -0.2) is 32.1 Å². The van der Waals surface area contributed by atoms with E-state index in [4.69, 9.17) is 4.74 Å². The predicted molar refractivity (Wildman–Crippen MR) is 84.6 cm³/mol. The number of hydrogen-bond acceptors (Lipinski definition) is 3. The van der Waals surface area contributed by atoms with Crippen molar-refractivity contribution in [2.45, 2.75) is 32.6 Å². The molecular weight excluding hydrogens is 264 g/mol. The highest BCUT2D eigenvalue weighted by Gasteiger charge is 2.22. The zero-order valence-corrected chi connectivity index (χ0v) is 13.2. The normalized spacial score (nSPS) is 18.5. The van der Waals surface area contributed by atoms with Crippen molar-refractivity contribution in [3.8, 4) is 5.75 Å². The fourth-order valence-corrected chi connectivity index (χ4v) is 2.57. The highest BCUT2D eigenvalue weighted by molar-refractivity contribution is 5.79. The van der Waals surface area contributed by atoms with Crippen molar-refractivity contribution in [3.63, 3.8) is 0 Å². The molecule has 0 bridgehead atoms. The predicted octanol–water partition coefficient (Wildman–Crippen LogP) is 2.09. The maximum absolute atomic E-state index is 11.9. The van der Waals surface area contributed by atoms with Crippen LogP contribution < -0.4 is 15.4 Å². The van der Waals surface area contributed by atoms with Gasteiger partial charge in [0, 0.05) is 6.54 Å². The molecule has 1 unspecified atom stereocenters. The van der Waals surface area contributed by atoms with Crippen LogP contribution in [0.25, 0.3) is 0 Å². The van der Waals surface area contributed by atoms with Gasteiger partial charge in [0.1, 0.15) is 12.4 Å². The van der Waals surface area contributed by atoms with Crippen molar-refractivity contribution >= 4 is 5.91 Å². The molecule has 1 aromatic rings. The maximum Gasteiger partial charge on any atom is 0.224 e. The van der Waals surface area contributed by atoms with Gasteiger partial charge in [0.2, 0.25) is 5.91 Å². The molecule has 1 aromatic carbocycles. The molecule has 116 valence electrons. The molecular formula is C17H26N2O2. The second kappa shape index (κ2) is 6.94. The first-order chi connectivity index (χ1) is 9.98. The molecule has 1 amide bonds. The van der Waals surface area contributed by atoms with Crippen molar-refractivity contribution in [2.24, 2.45) is 5.92 Å². The highest BCUT2D eigenvalue weighted by Crippen LogP contribution is 2.30. The van der Waals surface area contributed by atoms with Gasteiger partial charge < -0.3 is 15.4 Å². The second-order valence-corrected chi connectivity index (χ2v) is 6.58. The zero-order chi connectivity index (χ0) is 15.3. The molecule has 1 aliphatic rings. The minimum absolute atomic E-state index is 0.0510. The summed E-state index contributed by atoms with van der Waals surface area (Å²) < 4.78 is 5.85. The van der Waals surface area contributed by atoms with E-state index < -0.39 is 0 Å². The summed E-state index contributed by atoms with van der Waals surface area (Å²) in [6.45, 7) is 9.29. The summed E-state index contributed by atoms with van der Waals surface area (Å²) in [5.74, 6) is 1.15. The van der Waals surface area contributed by atoms with Gasteiger partial charge in [0.05, 0.1) is 12.5 Å². The van der Waals surface area contributed by atoms with Crippen molar-refractivity contribution in [3.05, 3.63) is 29.8 Å². The number of hydrogen-bond donors (Lipinski definition) is 2. The molecule has 1 aliphatic heterocycles. The molecule has 1 atom stereocenters. The molecule has 0 aromatic heterocycles. The third-order valence-corrected chi connectivity index (χ3v) is 3.79. The minimum Gasteiger partial charge on any atom is -0.491 e. The SMILES string of the molecule is CC(C)(C)c1ccccc1OCCNC(=O)C1CCNC1. The summed E-state index contributed by atoms with van der Waals surface area (Å²) >= 11 is 0. The topological polar surface area (TPSA) is 50.4 Å². The number of ether oxygens (including phenoxy) is 1. The Labute approximate surface area is 127 Å². The number of para-hydroxylation sites is 1. The lowest BCUT2D eigenvalue weighted by atomic mass is 9.86. The Balaban J connectivity index is 1.80. The lowest BCUT2D eigenvalue weighted by molar-refractivity contribution is -0.124. The van der Waals surface area contributed by atoms with E-state index in [9.17, 15) is 4.79 Å². The van der Waals surface area contributed by atoms with Gasteiger partial charge in [-0.15, -0.1) is 0 Å². The summed E-state index contributed by atoms with van der Waals surface area (Å²) in [7, 11) is 0. The third-order valence-electron chi connectivity index (χ3n) is 3.79. The van der Waals surface area contributed by atoms with Crippen LogP contribution in [-0.2, 0) is 10.2 Å². The Morgan fingerprint density at radius 2 is 2.14 bits per heavy atom. The van der Waals surface area contributed by atoms with Crippen LogP contribution in [0, 0.1) is 5.92 Å². The van der Waals surface area contributed by atoms with Gasteiger partial charge in [-0.2, -0.15) is 0 Å². The largest absolute Gasteiger partial charge is 0.491 e. The van der Waals surface area contributed by atoms with Gasteiger partial charge in [0.15, 0.2) is 0 Å². The van der Waals surface area contributed by atoms with Gasteiger partial charge in [-0.05, 0) is 30.0 Å². The molecule has 2 rings (SSSR count). The molecule has 21 heavy (non-hydrogen) atoms. The first kappa shape index (κ1) is 15.8. The van der Waals surface area contributed by atoms with Crippen LogP contribution in [0.1, 0.15) is 32.8 Å². The molecule has 0 radical (unpaired) electrons. The Morgan fingerprint density at radius 3 is 2.81 bits per heavy atom. The number of carbonyl (C=O) groups excluding carboxylic acids is 1. The smallest absolute Gasteiger partial charge is 0.224 e. The van der Waals surface area contributed by atoms with Gasteiger partial charge in [-0.1, -0.05) is 39.0 Å². The fourth-order valence-electron chi connectivity index (χ4n) is 2.57. The fraction of sp³-hybridized carbons (Fsp3) is 0.588. The quantitative estimate of drug-likeness (QED) is 0.816. The Hall–Kier alpha value is -1.55. The van der Waals surface area contributed by atoms with Gasteiger partial charge in [-0.3, -0.25) is 4.79 Å². The Morgan fingerprint density at radius 1 is 1.38 bits per heavy atom. The minimum atomic E-state index is 0.0510. The summed E-state index contributed by atoms with van der Waals surface area (Å²) in [6.07, 6.45) is 0.930. The summed E-state index contributed by atoms with van der Waals surface area (Å²) in [4.78, 5) is 11.9. The van der Waals surface area contributed by atoms with Crippen molar-refractivity contribution < 1.29 is 9.53 Å². The van der Waals surface area contributed by atoms with Crippen molar-refractivity contribution in [1.82, 2.24) is 10.6 Å². The van der Waals surface area contributed by atoms with E-state index in [-0.39, 0.29) is 17.2 Å². The van der Waals surface area contributed by atoms with Crippen LogP contribution in [0.15, 0.2) is 24.3 Å². The molecule has 4 nitrogen and oxygen atoms in total. The number of amides is 1. The number of rotatable bonds is 5. The Kier molecular flexibility index (Phi) is 5.23. The second-order valence-electron chi connectivity index (χ2n) is 6.58. The van der Waals surface area contributed by atoms with Crippen LogP contribution in [0.4, 0.5) is 0 Å². The monoisotopic (exact) mass is 290 g/mol. The lowest BCUT2D eigenvalue weighted by Crippen LogP contribution is -2.34. The molecule has 4 heteroatoms. The zero-order valence-electron chi connectivity index (χ0n) is 13.2. The van der Waals surface area contributed by atoms with E-state index in [2.05, 4.69) is 37.5 Å². The maximum atomic E-state index is 11.9. The summed E-state index contributed by atoms with van der Waals surface area (Å²) in [5.41, 5.74) is 1.24. The average molecular weight is 290 g/mol. The first-order valence-corrected chi connectivity index (χ1v) is 7.69. The molecule has 0 spiro atoms. The van der Waals surface area contributed by atoms with Crippen LogP contribution in [0.2, 0.25) is 0 Å². The lowest BCUT2D eigenvalue weighted by Gasteiger charge is -2.22. The highest BCUT2D eigenvalue weighted by atomic mass is 16.5. The van der Waals surface area contributed by atoms with Gasteiger partial charge in [0.25, 0.3) is 0 Å². The molecule has 1 fully saturated rings. The molecule has 0 aliphatic carbocycles. The molecule has 1 heterocycles. The van der Waals surface area contributed by atoms with Gasteiger partial charge in [-0.25, -0.2) is 0 Å². The van der Waals surface area contributed by atoms with E-state index in [0.29, 0.717) is 13.2 Å². The number of benzene rings is 1. The van der Waals surface area contributed by atoms with Crippen LogP contribution in [0.5, 0.6) is 5.75 Å². The number of nitrogens with one attached hydrogen (secondary N) is 2. The van der Waals surface area contributed by atoms with Crippen molar-refractivity contribution in [2.75, 3.05) is 26.2 Å². The first-order valence-electron chi connectivity index (χ1n) is 7.69. The van der Waals surface area contributed by atoms with Gasteiger partial charge >= 0.3 is 0 Å². The third kappa shape index (κ3) is 4.46. The molecule has 0 saturated carbocycles. The molecule has 2 N–H and O–H groups in total. The van der Waals surface area contributed by atoms with Crippen molar-refractivity contribution in [1.29, 1.82) is 0 Å². The average Bonchev–Trinajstić information content (AvgIpc) is 2.97. The standard InChI is InChI=1S/C17H26N2O2/c1-17(2,3)14-6-4-5-7-15(14)21-11-10-19-16(20)13-8-9-18-12-13/h4-7,13,18H,8-12H2,1-3H3,(H,19,20). The summed E-state index contributed by atoms with van der Waals surface area (Å²) in [6, 6.07) is 8.09. The van der Waals surface area contributed by atoms with E-state index in [0.717, 1.165) is 25.3 Å². The molecule has 1 saturated heterocycles. The summed E-state index contributed by atoms with van der Waals surface area (Å²) in [5, 5.41) is 6.15. The van der Waals surface area contributed by atoms with E-state index in [1.165, 1.54) is 5.56 Å². The van der Waals surface area contributed by atoms with E-state index in [1.807, 2.05) is 18.2 Å². The van der Waals surface area contributed by atoms with Crippen LogP contribution >= 0.6 is 0 Å². The van der Waals surface area contributed by atoms with Crippen LogP contribution in [0.3, 0.4) is 0 Å². The van der Waals surface area contributed by atoms with E-state index in [1.54, 1.807) is 0 Å². The number of carbonyl (C=O) groups is 1. The Bertz CT molecular complexity index is 474.